The number of amides is 1. The average molecular weight is 490 g/mol. The molecule has 2 saturated heterocycles. The van der Waals surface area contributed by atoms with Crippen LogP contribution in [-0.4, -0.2) is 71.2 Å². The van der Waals surface area contributed by atoms with Crippen LogP contribution in [0.15, 0.2) is 53.2 Å². The first-order valence-corrected chi connectivity index (χ1v) is 12.9. The maximum absolute atomic E-state index is 12.8. The third kappa shape index (κ3) is 5.87. The number of carbonyl (C=O) groups is 1. The Balaban J connectivity index is 1.08. The van der Waals surface area contributed by atoms with E-state index >= 15 is 0 Å². The first-order valence-electron chi connectivity index (χ1n) is 12.9. The van der Waals surface area contributed by atoms with Crippen LogP contribution in [0.1, 0.15) is 35.4 Å². The number of anilines is 1. The van der Waals surface area contributed by atoms with Crippen molar-refractivity contribution in [3.05, 3.63) is 71.2 Å². The molecule has 0 saturated carbocycles. The van der Waals surface area contributed by atoms with Crippen molar-refractivity contribution in [3.63, 3.8) is 0 Å². The number of hydrogen-bond donors (Lipinski definition) is 0. The van der Waals surface area contributed by atoms with Gasteiger partial charge in [-0.15, -0.1) is 0 Å². The minimum absolute atomic E-state index is 0.130. The maximum atomic E-state index is 12.8. The number of carbonyl (C=O) groups excluding carboxylic acids is 1. The second kappa shape index (κ2) is 11.1. The first kappa shape index (κ1) is 24.3. The van der Waals surface area contributed by atoms with Gasteiger partial charge >= 0.3 is 0 Å². The van der Waals surface area contributed by atoms with E-state index in [2.05, 4.69) is 44.2 Å². The smallest absolute Gasteiger partial charge is 0.227 e. The van der Waals surface area contributed by atoms with E-state index in [1.807, 2.05) is 43.1 Å². The molecule has 3 aromatic rings. The summed E-state index contributed by atoms with van der Waals surface area (Å²) in [5.74, 6) is 2.84. The highest BCUT2D eigenvalue weighted by molar-refractivity contribution is 5.79. The molecule has 36 heavy (non-hydrogen) atoms. The summed E-state index contributed by atoms with van der Waals surface area (Å²) in [7, 11) is 0. The Bertz CT molecular complexity index is 1130. The number of piperidine rings is 1. The van der Waals surface area contributed by atoms with Crippen LogP contribution in [-0.2, 0) is 17.8 Å². The van der Waals surface area contributed by atoms with Crippen molar-refractivity contribution in [1.82, 2.24) is 19.9 Å². The molecular weight excluding hydrogens is 454 g/mol. The third-order valence-electron chi connectivity index (χ3n) is 7.26. The van der Waals surface area contributed by atoms with Gasteiger partial charge in [0.2, 0.25) is 5.91 Å². The second-order valence-electron chi connectivity index (χ2n) is 9.78. The third-order valence-corrected chi connectivity index (χ3v) is 7.26. The highest BCUT2D eigenvalue weighted by atomic mass is 16.5. The summed E-state index contributed by atoms with van der Waals surface area (Å²) < 4.78 is 11.5. The highest BCUT2D eigenvalue weighted by Gasteiger charge is 2.26. The number of aromatic nitrogens is 2. The molecule has 8 heteroatoms. The number of nitrogens with zero attached hydrogens (tertiary/aromatic N) is 5. The van der Waals surface area contributed by atoms with E-state index in [1.54, 1.807) is 0 Å². The van der Waals surface area contributed by atoms with Gasteiger partial charge < -0.3 is 19.1 Å². The quantitative estimate of drug-likeness (QED) is 0.502. The topological polar surface area (TPSA) is 74.9 Å². The Morgan fingerprint density at radius 1 is 1.03 bits per heavy atom. The molecule has 2 aromatic heterocycles. The van der Waals surface area contributed by atoms with Gasteiger partial charge in [0.15, 0.2) is 0 Å². The van der Waals surface area contributed by atoms with Gasteiger partial charge in [-0.25, -0.2) is 4.98 Å². The van der Waals surface area contributed by atoms with Crippen molar-refractivity contribution in [1.29, 1.82) is 0 Å². The van der Waals surface area contributed by atoms with Gasteiger partial charge in [-0.05, 0) is 43.7 Å². The average Bonchev–Trinajstić information content (AvgIpc) is 3.22. The number of rotatable bonds is 7. The van der Waals surface area contributed by atoms with E-state index in [0.717, 1.165) is 74.2 Å². The predicted octanol–water partition coefficient (Wildman–Crippen LogP) is 3.62. The van der Waals surface area contributed by atoms with Crippen LogP contribution < -0.4 is 9.64 Å². The lowest BCUT2D eigenvalue weighted by atomic mass is 10.1. The predicted molar refractivity (Wildman–Crippen MR) is 138 cm³/mol. The number of piperazine rings is 1. The van der Waals surface area contributed by atoms with Crippen LogP contribution in [0.5, 0.6) is 5.75 Å². The van der Waals surface area contributed by atoms with Crippen molar-refractivity contribution in [2.45, 2.75) is 45.8 Å². The molecule has 2 fully saturated rings. The SMILES string of the molecule is Cc1noc(C)c1CC(=O)N1CCC(Oc2cccc(CN3CCN(c4ccccn4)CC3)c2)CC1. The molecule has 0 radical (unpaired) electrons. The van der Waals surface area contributed by atoms with Crippen molar-refractivity contribution >= 4 is 11.7 Å². The Morgan fingerprint density at radius 2 is 1.83 bits per heavy atom. The van der Waals surface area contributed by atoms with E-state index in [4.69, 9.17) is 9.26 Å². The van der Waals surface area contributed by atoms with Crippen LogP contribution in [0.2, 0.25) is 0 Å². The summed E-state index contributed by atoms with van der Waals surface area (Å²) in [6.45, 7) is 10.1. The fourth-order valence-corrected chi connectivity index (χ4v) is 5.08. The standard InChI is InChI=1S/C28H35N5O3/c1-21-26(22(2)36-30-21)19-28(34)33-12-9-24(10-13-33)35-25-7-5-6-23(18-25)20-31-14-16-32(17-15-31)27-8-3-4-11-29-27/h3-8,11,18,24H,9-10,12-17,19-20H2,1-2H3. The van der Waals surface area contributed by atoms with Crippen LogP contribution in [0.3, 0.4) is 0 Å². The number of pyridine rings is 1. The van der Waals surface area contributed by atoms with Gasteiger partial charge in [-0.3, -0.25) is 9.69 Å². The Morgan fingerprint density at radius 3 is 2.53 bits per heavy atom. The Labute approximate surface area is 212 Å². The molecule has 0 bridgehead atoms. The monoisotopic (exact) mass is 489 g/mol. The van der Waals surface area contributed by atoms with Gasteiger partial charge in [0.25, 0.3) is 0 Å². The summed E-state index contributed by atoms with van der Waals surface area (Å²) in [4.78, 5) is 24.0. The van der Waals surface area contributed by atoms with Gasteiger partial charge in [0.1, 0.15) is 23.4 Å². The molecule has 0 atom stereocenters. The molecule has 0 unspecified atom stereocenters. The first-order chi connectivity index (χ1) is 17.5. The lowest BCUT2D eigenvalue weighted by Crippen LogP contribution is -2.46. The van der Waals surface area contributed by atoms with Gasteiger partial charge in [0, 0.05) is 70.4 Å². The van der Waals surface area contributed by atoms with E-state index in [9.17, 15) is 4.79 Å². The summed E-state index contributed by atoms with van der Waals surface area (Å²) in [5, 5.41) is 3.96. The molecule has 0 spiro atoms. The van der Waals surface area contributed by atoms with Gasteiger partial charge in [-0.2, -0.15) is 0 Å². The molecule has 1 aromatic carbocycles. The van der Waals surface area contributed by atoms with Crippen molar-refractivity contribution in [2.24, 2.45) is 0 Å². The lowest BCUT2D eigenvalue weighted by molar-refractivity contribution is -0.132. The van der Waals surface area contributed by atoms with E-state index in [-0.39, 0.29) is 12.0 Å². The van der Waals surface area contributed by atoms with Crippen LogP contribution >= 0.6 is 0 Å². The zero-order chi connectivity index (χ0) is 24.9. The second-order valence-corrected chi connectivity index (χ2v) is 9.78. The zero-order valence-electron chi connectivity index (χ0n) is 21.2. The fraction of sp³-hybridized carbons (Fsp3) is 0.464. The molecule has 4 heterocycles. The molecule has 5 rings (SSSR count). The molecule has 0 N–H and O–H groups in total. The van der Waals surface area contributed by atoms with Crippen LogP contribution in [0.4, 0.5) is 5.82 Å². The number of aryl methyl sites for hydroxylation is 2. The highest BCUT2D eigenvalue weighted by Crippen LogP contribution is 2.23. The summed E-state index contributed by atoms with van der Waals surface area (Å²) in [6.07, 6.45) is 4.02. The molecule has 190 valence electrons. The molecule has 1 amide bonds. The summed E-state index contributed by atoms with van der Waals surface area (Å²) in [6, 6.07) is 14.5. The van der Waals surface area contributed by atoms with Gasteiger partial charge in [0.05, 0.1) is 12.1 Å². The largest absolute Gasteiger partial charge is 0.490 e. The van der Waals surface area contributed by atoms with E-state index in [0.29, 0.717) is 19.5 Å². The molecule has 8 nitrogen and oxygen atoms in total. The van der Waals surface area contributed by atoms with Crippen LogP contribution in [0.25, 0.3) is 0 Å². The lowest BCUT2D eigenvalue weighted by Gasteiger charge is -2.35. The summed E-state index contributed by atoms with van der Waals surface area (Å²) >= 11 is 0. The van der Waals surface area contributed by atoms with E-state index < -0.39 is 0 Å². The van der Waals surface area contributed by atoms with Crippen LogP contribution in [0, 0.1) is 13.8 Å². The number of ether oxygens (including phenoxy) is 1. The number of likely N-dealkylation sites (tertiary alicyclic amines) is 1. The van der Waals surface area contributed by atoms with Crippen molar-refractivity contribution in [2.75, 3.05) is 44.2 Å². The minimum Gasteiger partial charge on any atom is -0.490 e. The number of benzene rings is 1. The molecule has 0 aliphatic carbocycles. The van der Waals surface area contributed by atoms with Crippen molar-refractivity contribution in [3.8, 4) is 5.75 Å². The molecular formula is C28H35N5O3. The number of hydrogen-bond acceptors (Lipinski definition) is 7. The summed E-state index contributed by atoms with van der Waals surface area (Å²) in [5.41, 5.74) is 2.98. The zero-order valence-corrected chi connectivity index (χ0v) is 21.2. The Hall–Kier alpha value is -3.39. The fourth-order valence-electron chi connectivity index (χ4n) is 5.08. The Kier molecular flexibility index (Phi) is 7.51. The molecule has 2 aliphatic rings. The van der Waals surface area contributed by atoms with Crippen molar-refractivity contribution < 1.29 is 14.1 Å². The normalized spacial score (nSPS) is 17.4. The maximum Gasteiger partial charge on any atom is 0.227 e. The van der Waals surface area contributed by atoms with Gasteiger partial charge in [-0.1, -0.05) is 23.4 Å². The minimum atomic E-state index is 0.130. The van der Waals surface area contributed by atoms with E-state index in [1.165, 1.54) is 5.56 Å². The molecule has 2 aliphatic heterocycles.